The second kappa shape index (κ2) is 8.93. The molecule has 30 heavy (non-hydrogen) atoms. The monoisotopic (exact) mass is 443 g/mol. The van der Waals surface area contributed by atoms with Gasteiger partial charge in [-0.1, -0.05) is 23.7 Å². The van der Waals surface area contributed by atoms with Crippen LogP contribution in [-0.2, 0) is 13.1 Å². The summed E-state index contributed by atoms with van der Waals surface area (Å²) >= 11 is 11.6. The first-order valence-corrected chi connectivity index (χ1v) is 10.5. The van der Waals surface area contributed by atoms with Crippen molar-refractivity contribution in [2.45, 2.75) is 20.0 Å². The SMILES string of the molecule is CCNC(=S)N(Cc1ccc(Cl)cc1)Cc1cc2cc3c(cc2[nH]c1=O)OCCO3. The van der Waals surface area contributed by atoms with Crippen LogP contribution in [0.25, 0.3) is 10.9 Å². The molecular formula is C22H22ClN3O3S. The number of halogens is 1. The van der Waals surface area contributed by atoms with Crippen LogP contribution in [0.3, 0.4) is 0 Å². The molecule has 156 valence electrons. The van der Waals surface area contributed by atoms with Crippen LogP contribution in [0, 0.1) is 0 Å². The summed E-state index contributed by atoms with van der Waals surface area (Å²) in [4.78, 5) is 17.7. The molecular weight excluding hydrogens is 422 g/mol. The summed E-state index contributed by atoms with van der Waals surface area (Å²) in [6.07, 6.45) is 0. The second-order valence-corrected chi connectivity index (χ2v) is 7.85. The Bertz CT molecular complexity index is 1130. The molecule has 3 aromatic rings. The summed E-state index contributed by atoms with van der Waals surface area (Å²) < 4.78 is 11.3. The standard InChI is InChI=1S/C22H22ClN3O3S/c1-2-24-22(30)26(12-14-3-5-17(23)6-4-14)13-16-9-15-10-19-20(29-8-7-28-19)11-18(15)25-21(16)27/h3-6,9-11H,2,7-8,12-13H2,1H3,(H,24,30)(H,25,27). The van der Waals surface area contributed by atoms with Crippen LogP contribution < -0.4 is 20.3 Å². The molecule has 2 heterocycles. The predicted molar refractivity (Wildman–Crippen MR) is 123 cm³/mol. The fourth-order valence-electron chi connectivity index (χ4n) is 3.38. The average Bonchev–Trinajstić information content (AvgIpc) is 2.74. The molecule has 0 fully saturated rings. The number of nitrogens with one attached hydrogen (secondary N) is 2. The number of H-pyrrole nitrogens is 1. The van der Waals surface area contributed by atoms with Gasteiger partial charge in [0.15, 0.2) is 16.6 Å². The molecule has 6 nitrogen and oxygen atoms in total. The number of aromatic nitrogens is 1. The normalized spacial score (nSPS) is 12.6. The zero-order valence-electron chi connectivity index (χ0n) is 16.5. The quantitative estimate of drug-likeness (QED) is 0.584. The Morgan fingerprint density at radius 3 is 2.53 bits per heavy atom. The highest BCUT2D eigenvalue weighted by atomic mass is 35.5. The summed E-state index contributed by atoms with van der Waals surface area (Å²) in [5, 5.41) is 5.33. The Morgan fingerprint density at radius 2 is 1.83 bits per heavy atom. The van der Waals surface area contributed by atoms with E-state index < -0.39 is 0 Å². The van der Waals surface area contributed by atoms with Crippen LogP contribution >= 0.6 is 23.8 Å². The van der Waals surface area contributed by atoms with Gasteiger partial charge in [-0.2, -0.15) is 0 Å². The third kappa shape index (κ3) is 4.52. The maximum atomic E-state index is 12.8. The number of hydrogen-bond acceptors (Lipinski definition) is 4. The van der Waals surface area contributed by atoms with Gasteiger partial charge in [0.25, 0.3) is 5.56 Å². The number of pyridine rings is 1. The molecule has 1 aliphatic rings. The largest absolute Gasteiger partial charge is 0.486 e. The van der Waals surface area contributed by atoms with E-state index in [2.05, 4.69) is 10.3 Å². The number of hydrogen-bond donors (Lipinski definition) is 2. The summed E-state index contributed by atoms with van der Waals surface area (Å²) in [7, 11) is 0. The van der Waals surface area contributed by atoms with Gasteiger partial charge < -0.3 is 24.7 Å². The van der Waals surface area contributed by atoms with Gasteiger partial charge in [0.2, 0.25) is 0 Å². The number of thiocarbonyl (C=S) groups is 1. The van der Waals surface area contributed by atoms with Gasteiger partial charge >= 0.3 is 0 Å². The molecule has 0 spiro atoms. The van der Waals surface area contributed by atoms with Crippen LogP contribution in [0.5, 0.6) is 11.5 Å². The molecule has 1 aliphatic heterocycles. The van der Waals surface area contributed by atoms with Gasteiger partial charge in [-0.3, -0.25) is 4.79 Å². The Labute approximate surface area is 184 Å². The van der Waals surface area contributed by atoms with Crippen LogP contribution in [-0.4, -0.2) is 34.8 Å². The molecule has 8 heteroatoms. The highest BCUT2D eigenvalue weighted by Gasteiger charge is 2.17. The van der Waals surface area contributed by atoms with Gasteiger partial charge in [-0.25, -0.2) is 0 Å². The van der Waals surface area contributed by atoms with Gasteiger partial charge in [0, 0.05) is 35.1 Å². The van der Waals surface area contributed by atoms with Crippen LogP contribution in [0.2, 0.25) is 5.02 Å². The van der Waals surface area contributed by atoms with E-state index >= 15 is 0 Å². The zero-order valence-corrected chi connectivity index (χ0v) is 18.1. The van der Waals surface area contributed by atoms with Crippen molar-refractivity contribution in [1.29, 1.82) is 0 Å². The minimum absolute atomic E-state index is 0.153. The zero-order chi connectivity index (χ0) is 21.1. The minimum Gasteiger partial charge on any atom is -0.486 e. The lowest BCUT2D eigenvalue weighted by atomic mass is 10.1. The molecule has 0 aliphatic carbocycles. The number of aromatic amines is 1. The third-order valence-corrected chi connectivity index (χ3v) is 5.50. The first kappa shape index (κ1) is 20.5. The maximum absolute atomic E-state index is 12.8. The van der Waals surface area contributed by atoms with E-state index in [-0.39, 0.29) is 5.56 Å². The maximum Gasteiger partial charge on any atom is 0.253 e. The van der Waals surface area contributed by atoms with Crippen molar-refractivity contribution in [1.82, 2.24) is 15.2 Å². The molecule has 1 aromatic heterocycles. The molecule has 0 bridgehead atoms. The number of ether oxygens (including phenoxy) is 2. The van der Waals surface area contributed by atoms with Crippen LogP contribution in [0.15, 0.2) is 47.3 Å². The van der Waals surface area contributed by atoms with E-state index in [9.17, 15) is 4.79 Å². The van der Waals surface area contributed by atoms with Crippen molar-refractivity contribution in [3.63, 3.8) is 0 Å². The Morgan fingerprint density at radius 1 is 1.13 bits per heavy atom. The van der Waals surface area contributed by atoms with Gasteiger partial charge in [-0.05, 0) is 49.0 Å². The lowest BCUT2D eigenvalue weighted by Gasteiger charge is -2.26. The molecule has 2 aromatic carbocycles. The topological polar surface area (TPSA) is 66.6 Å². The average molecular weight is 444 g/mol. The fourth-order valence-corrected chi connectivity index (χ4v) is 3.78. The third-order valence-electron chi connectivity index (χ3n) is 4.85. The lowest BCUT2D eigenvalue weighted by molar-refractivity contribution is 0.172. The van der Waals surface area contributed by atoms with Gasteiger partial charge in [0.05, 0.1) is 12.1 Å². The predicted octanol–water partition coefficient (Wildman–Crippen LogP) is 3.85. The lowest BCUT2D eigenvalue weighted by Crippen LogP contribution is -2.39. The van der Waals surface area contributed by atoms with Crippen molar-refractivity contribution in [3.8, 4) is 11.5 Å². The second-order valence-electron chi connectivity index (χ2n) is 7.02. The Balaban J connectivity index is 1.65. The molecule has 2 N–H and O–H groups in total. The summed E-state index contributed by atoms with van der Waals surface area (Å²) in [6, 6.07) is 13.2. The number of fused-ring (bicyclic) bond motifs is 2. The highest BCUT2D eigenvalue weighted by molar-refractivity contribution is 7.80. The molecule has 4 rings (SSSR count). The van der Waals surface area contributed by atoms with Crippen molar-refractivity contribution >= 4 is 39.8 Å². The summed E-state index contributed by atoms with van der Waals surface area (Å²) in [5.41, 5.74) is 2.23. The minimum atomic E-state index is -0.153. The number of benzene rings is 2. The number of nitrogens with zero attached hydrogens (tertiary/aromatic N) is 1. The van der Waals surface area contributed by atoms with E-state index in [1.807, 2.05) is 54.3 Å². The van der Waals surface area contributed by atoms with Crippen molar-refractivity contribution in [3.05, 3.63) is 69.0 Å². The Hall–Kier alpha value is -2.77. The summed E-state index contributed by atoms with van der Waals surface area (Å²) in [5.74, 6) is 1.34. The van der Waals surface area contributed by atoms with E-state index in [4.69, 9.17) is 33.3 Å². The van der Waals surface area contributed by atoms with E-state index in [1.165, 1.54) is 0 Å². The van der Waals surface area contributed by atoms with Crippen LogP contribution in [0.1, 0.15) is 18.1 Å². The Kier molecular flexibility index (Phi) is 6.11. The fraction of sp³-hybridized carbons (Fsp3) is 0.273. The van der Waals surface area contributed by atoms with E-state index in [0.29, 0.717) is 65.6 Å². The smallest absolute Gasteiger partial charge is 0.253 e. The summed E-state index contributed by atoms with van der Waals surface area (Å²) in [6.45, 7) is 4.63. The van der Waals surface area contributed by atoms with Crippen molar-refractivity contribution < 1.29 is 9.47 Å². The van der Waals surface area contributed by atoms with Crippen LogP contribution in [0.4, 0.5) is 0 Å². The highest BCUT2D eigenvalue weighted by Crippen LogP contribution is 2.33. The number of rotatable bonds is 5. The van der Waals surface area contributed by atoms with E-state index in [1.54, 1.807) is 0 Å². The first-order chi connectivity index (χ1) is 14.5. The molecule has 0 radical (unpaired) electrons. The van der Waals surface area contributed by atoms with Crippen molar-refractivity contribution in [2.75, 3.05) is 19.8 Å². The first-order valence-electron chi connectivity index (χ1n) is 9.76. The molecule has 0 unspecified atom stereocenters. The van der Waals surface area contributed by atoms with E-state index in [0.717, 1.165) is 10.9 Å². The van der Waals surface area contributed by atoms with Gasteiger partial charge in [0.1, 0.15) is 13.2 Å². The van der Waals surface area contributed by atoms with Crippen molar-refractivity contribution in [2.24, 2.45) is 0 Å². The van der Waals surface area contributed by atoms with Gasteiger partial charge in [-0.15, -0.1) is 0 Å². The molecule has 0 saturated carbocycles. The molecule has 0 atom stereocenters. The molecule has 0 amide bonds. The molecule has 0 saturated heterocycles.